The van der Waals surface area contributed by atoms with E-state index in [4.69, 9.17) is 0 Å². The molecule has 2 N–H and O–H groups in total. The van der Waals surface area contributed by atoms with Crippen LogP contribution >= 0.6 is 11.3 Å². The van der Waals surface area contributed by atoms with Crippen LogP contribution < -0.4 is 5.32 Å². The Morgan fingerprint density at radius 1 is 1.61 bits per heavy atom. The lowest BCUT2D eigenvalue weighted by molar-refractivity contribution is 0.162. The maximum atomic E-state index is 11.9. The number of rotatable bonds is 5. The molecule has 0 saturated heterocycles. The lowest BCUT2D eigenvalue weighted by Gasteiger charge is -2.21. The smallest absolute Gasteiger partial charge is 0.317 e. The zero-order valence-electron chi connectivity index (χ0n) is 11.3. The number of nitrogens with one attached hydrogen (secondary N) is 1. The number of amides is 2. The third kappa shape index (κ3) is 4.62. The number of hydrogen-bond donors (Lipinski definition) is 2. The third-order valence-corrected chi connectivity index (χ3v) is 3.72. The van der Waals surface area contributed by atoms with E-state index in [9.17, 15) is 9.90 Å². The summed E-state index contributed by atoms with van der Waals surface area (Å²) in [5.74, 6) is 0. The molecule has 0 aromatic carbocycles. The Labute approximate surface area is 112 Å². The van der Waals surface area contributed by atoms with Gasteiger partial charge in [-0.3, -0.25) is 0 Å². The van der Waals surface area contributed by atoms with Crippen molar-refractivity contribution in [3.05, 3.63) is 16.1 Å². The van der Waals surface area contributed by atoms with Gasteiger partial charge in [0.25, 0.3) is 0 Å². The second-order valence-electron chi connectivity index (χ2n) is 4.56. The Morgan fingerprint density at radius 3 is 2.78 bits per heavy atom. The van der Waals surface area contributed by atoms with Crippen molar-refractivity contribution in [2.45, 2.75) is 39.3 Å². The first-order chi connectivity index (χ1) is 8.40. The van der Waals surface area contributed by atoms with Crippen LogP contribution in [0.2, 0.25) is 0 Å². The maximum Gasteiger partial charge on any atom is 0.317 e. The number of aryl methyl sites for hydroxylation is 1. The summed E-state index contributed by atoms with van der Waals surface area (Å²) in [6.07, 6.45) is 0.188. The average Bonchev–Trinajstić information content (AvgIpc) is 2.72. The molecule has 2 unspecified atom stereocenters. The van der Waals surface area contributed by atoms with Crippen molar-refractivity contribution in [3.8, 4) is 0 Å². The first-order valence-electron chi connectivity index (χ1n) is 6.02. The molecule has 0 fully saturated rings. The molecule has 1 aromatic rings. The molecule has 2 atom stereocenters. The number of hydrogen-bond acceptors (Lipinski definition) is 4. The highest BCUT2D eigenvalue weighted by Gasteiger charge is 2.15. The fraction of sp³-hybridized carbons (Fsp3) is 0.667. The minimum Gasteiger partial charge on any atom is -0.393 e. The van der Waals surface area contributed by atoms with Crippen molar-refractivity contribution in [2.24, 2.45) is 0 Å². The van der Waals surface area contributed by atoms with Crippen LogP contribution in [0.15, 0.2) is 5.38 Å². The molecular weight excluding hydrogens is 250 g/mol. The predicted molar refractivity (Wildman–Crippen MR) is 72.7 cm³/mol. The lowest BCUT2D eigenvalue weighted by Crippen LogP contribution is -2.39. The van der Waals surface area contributed by atoms with Crippen LogP contribution in [0.4, 0.5) is 4.79 Å². The van der Waals surface area contributed by atoms with Gasteiger partial charge in [-0.25, -0.2) is 9.78 Å². The van der Waals surface area contributed by atoms with Gasteiger partial charge in [-0.15, -0.1) is 11.3 Å². The Balaban J connectivity index is 2.44. The molecule has 1 aromatic heterocycles. The van der Waals surface area contributed by atoms with Crippen molar-refractivity contribution < 1.29 is 9.90 Å². The van der Waals surface area contributed by atoms with E-state index in [1.165, 1.54) is 0 Å². The Hall–Kier alpha value is -1.14. The van der Waals surface area contributed by atoms with Gasteiger partial charge in [-0.05, 0) is 27.2 Å². The number of aromatic nitrogens is 1. The van der Waals surface area contributed by atoms with E-state index in [1.54, 1.807) is 30.2 Å². The Bertz CT molecular complexity index is 392. The van der Waals surface area contributed by atoms with Crippen LogP contribution in [0, 0.1) is 6.92 Å². The van der Waals surface area contributed by atoms with E-state index < -0.39 is 0 Å². The topological polar surface area (TPSA) is 65.5 Å². The SMILES string of the molecule is Cc1csc(C(C)NC(=O)N(C)CCC(C)O)n1. The maximum absolute atomic E-state index is 11.9. The van der Waals surface area contributed by atoms with Gasteiger partial charge < -0.3 is 15.3 Å². The monoisotopic (exact) mass is 271 g/mol. The van der Waals surface area contributed by atoms with Crippen LogP contribution in [0.3, 0.4) is 0 Å². The van der Waals surface area contributed by atoms with Gasteiger partial charge in [0.1, 0.15) is 5.01 Å². The molecule has 0 bridgehead atoms. The van der Waals surface area contributed by atoms with E-state index in [1.807, 2.05) is 19.2 Å². The number of aliphatic hydroxyl groups excluding tert-OH is 1. The number of thiazole rings is 1. The van der Waals surface area contributed by atoms with E-state index >= 15 is 0 Å². The molecule has 6 heteroatoms. The molecule has 18 heavy (non-hydrogen) atoms. The van der Waals surface area contributed by atoms with E-state index in [0.29, 0.717) is 13.0 Å². The fourth-order valence-corrected chi connectivity index (χ4v) is 2.21. The lowest BCUT2D eigenvalue weighted by atomic mass is 10.3. The quantitative estimate of drug-likeness (QED) is 0.860. The summed E-state index contributed by atoms with van der Waals surface area (Å²) >= 11 is 1.55. The van der Waals surface area contributed by atoms with Crippen LogP contribution in [-0.2, 0) is 0 Å². The summed E-state index contributed by atoms with van der Waals surface area (Å²) in [6, 6.07) is -0.235. The molecule has 0 aliphatic heterocycles. The highest BCUT2D eigenvalue weighted by atomic mass is 32.1. The van der Waals surface area contributed by atoms with Crippen LogP contribution in [-0.4, -0.2) is 40.7 Å². The van der Waals surface area contributed by atoms with Crippen LogP contribution in [0.5, 0.6) is 0 Å². The van der Waals surface area contributed by atoms with Crippen LogP contribution in [0.1, 0.15) is 37.0 Å². The number of aliphatic hydroxyl groups is 1. The normalized spacial score (nSPS) is 14.1. The van der Waals surface area contributed by atoms with E-state index in [-0.39, 0.29) is 18.2 Å². The number of carbonyl (C=O) groups excluding carboxylic acids is 1. The summed E-state index contributed by atoms with van der Waals surface area (Å²) in [7, 11) is 1.72. The second-order valence-corrected chi connectivity index (χ2v) is 5.45. The first-order valence-corrected chi connectivity index (χ1v) is 6.90. The Kier molecular flexibility index (Phi) is 5.55. The van der Waals surface area contributed by atoms with Crippen molar-refractivity contribution in [1.29, 1.82) is 0 Å². The molecule has 0 radical (unpaired) electrons. The summed E-state index contributed by atoms with van der Waals surface area (Å²) in [4.78, 5) is 17.8. The number of nitrogens with zero attached hydrogens (tertiary/aromatic N) is 2. The first kappa shape index (κ1) is 14.9. The Morgan fingerprint density at radius 2 is 2.28 bits per heavy atom. The number of carbonyl (C=O) groups is 1. The minimum absolute atomic E-state index is 0.0924. The van der Waals surface area contributed by atoms with Gasteiger partial charge in [-0.1, -0.05) is 0 Å². The molecule has 0 spiro atoms. The molecule has 2 amide bonds. The highest BCUT2D eigenvalue weighted by Crippen LogP contribution is 2.17. The van der Waals surface area contributed by atoms with Gasteiger partial charge in [0.2, 0.25) is 0 Å². The highest BCUT2D eigenvalue weighted by molar-refractivity contribution is 7.09. The zero-order valence-corrected chi connectivity index (χ0v) is 12.1. The van der Waals surface area contributed by atoms with Crippen molar-refractivity contribution >= 4 is 17.4 Å². The molecule has 1 rings (SSSR count). The zero-order chi connectivity index (χ0) is 13.7. The molecule has 5 nitrogen and oxygen atoms in total. The summed E-state index contributed by atoms with van der Waals surface area (Å²) in [5, 5.41) is 14.9. The van der Waals surface area contributed by atoms with Gasteiger partial charge in [0, 0.05) is 24.7 Å². The minimum atomic E-state index is -0.390. The predicted octanol–water partition coefficient (Wildman–Crippen LogP) is 1.92. The van der Waals surface area contributed by atoms with E-state index in [2.05, 4.69) is 10.3 Å². The number of urea groups is 1. The van der Waals surface area contributed by atoms with Gasteiger partial charge in [-0.2, -0.15) is 0 Å². The standard InChI is InChI=1S/C12H21N3O2S/c1-8-7-18-11(13-8)10(3)14-12(17)15(4)6-5-9(2)16/h7,9-10,16H,5-6H2,1-4H3,(H,14,17). The molecule has 0 aliphatic rings. The van der Waals surface area contributed by atoms with Gasteiger partial charge >= 0.3 is 6.03 Å². The van der Waals surface area contributed by atoms with Crippen LogP contribution in [0.25, 0.3) is 0 Å². The molecular formula is C12H21N3O2S. The van der Waals surface area contributed by atoms with Crippen molar-refractivity contribution in [2.75, 3.05) is 13.6 Å². The average molecular weight is 271 g/mol. The molecule has 0 saturated carbocycles. The molecule has 102 valence electrons. The van der Waals surface area contributed by atoms with Gasteiger partial charge in [0.15, 0.2) is 0 Å². The van der Waals surface area contributed by atoms with Gasteiger partial charge in [0.05, 0.1) is 12.1 Å². The summed E-state index contributed by atoms with van der Waals surface area (Å²) in [5.41, 5.74) is 0.971. The van der Waals surface area contributed by atoms with E-state index in [0.717, 1.165) is 10.7 Å². The second kappa shape index (κ2) is 6.70. The van der Waals surface area contributed by atoms with Crippen molar-refractivity contribution in [3.63, 3.8) is 0 Å². The third-order valence-electron chi connectivity index (χ3n) is 2.58. The van der Waals surface area contributed by atoms with Crippen molar-refractivity contribution in [1.82, 2.24) is 15.2 Å². The summed E-state index contributed by atoms with van der Waals surface area (Å²) < 4.78 is 0. The largest absolute Gasteiger partial charge is 0.393 e. The molecule has 0 aliphatic carbocycles. The molecule has 1 heterocycles. The summed E-state index contributed by atoms with van der Waals surface area (Å²) in [6.45, 7) is 6.10. The fourth-order valence-electron chi connectivity index (χ4n) is 1.41.